The van der Waals surface area contributed by atoms with E-state index in [1.54, 1.807) is 18.2 Å². The molecule has 0 spiro atoms. The van der Waals surface area contributed by atoms with E-state index >= 15 is 0 Å². The van der Waals surface area contributed by atoms with E-state index in [1.807, 2.05) is 0 Å². The van der Waals surface area contributed by atoms with Crippen molar-refractivity contribution in [2.45, 2.75) is 16.1 Å². The number of imide groups is 1. The maximum absolute atomic E-state index is 12.9. The van der Waals surface area contributed by atoms with Gasteiger partial charge in [-0.25, -0.2) is 4.90 Å². The van der Waals surface area contributed by atoms with Gasteiger partial charge in [-0.15, -0.1) is 0 Å². The van der Waals surface area contributed by atoms with Crippen LogP contribution in [-0.2, 0) is 9.59 Å². The van der Waals surface area contributed by atoms with Crippen molar-refractivity contribution >= 4 is 72.6 Å². The van der Waals surface area contributed by atoms with Gasteiger partial charge < -0.3 is 0 Å². The number of benzene rings is 1. The summed E-state index contributed by atoms with van der Waals surface area (Å²) in [6, 6.07) is 5.02. The first-order chi connectivity index (χ1) is 10.4. The highest BCUT2D eigenvalue weighted by atomic mass is 79.9. The second-order valence-corrected chi connectivity index (χ2v) is 8.99. The van der Waals surface area contributed by atoms with Gasteiger partial charge in [0.25, 0.3) is 0 Å². The van der Waals surface area contributed by atoms with Crippen LogP contribution in [0.1, 0.15) is 6.42 Å². The van der Waals surface area contributed by atoms with Crippen LogP contribution in [0.2, 0.25) is 10.0 Å². The van der Waals surface area contributed by atoms with Gasteiger partial charge in [0.05, 0.1) is 27.6 Å². The van der Waals surface area contributed by atoms with Crippen LogP contribution in [0.15, 0.2) is 18.2 Å². The Kier molecular flexibility index (Phi) is 3.65. The van der Waals surface area contributed by atoms with E-state index in [1.165, 1.54) is 4.90 Å². The molecule has 2 amide bonds. The molecule has 6 atom stereocenters. The van der Waals surface area contributed by atoms with Gasteiger partial charge in [0.15, 0.2) is 0 Å². The number of halogens is 4. The third-order valence-corrected chi connectivity index (χ3v) is 9.17. The number of carbonyl (C=O) groups excluding carboxylic acids is 2. The molecule has 1 aromatic rings. The summed E-state index contributed by atoms with van der Waals surface area (Å²) < 4.78 is 0. The van der Waals surface area contributed by atoms with Gasteiger partial charge in [-0.2, -0.15) is 0 Å². The minimum atomic E-state index is -0.245. The fourth-order valence-electron chi connectivity index (χ4n) is 4.25. The van der Waals surface area contributed by atoms with Gasteiger partial charge in [-0.05, 0) is 30.4 Å². The summed E-state index contributed by atoms with van der Waals surface area (Å²) in [5.41, 5.74) is 0.398. The fraction of sp³-hybridized carbons (Fsp3) is 0.467. The zero-order valence-electron chi connectivity index (χ0n) is 11.2. The summed E-state index contributed by atoms with van der Waals surface area (Å²) >= 11 is 19.6. The number of fused-ring (bicyclic) bond motifs is 5. The predicted octanol–water partition coefficient (Wildman–Crippen LogP) is 4.28. The standard InChI is InChI=1S/C15H11Br2Cl2NO2/c16-11-5-4-6(12(11)17)10-9(5)14(21)20(15(10)22)8-3-1-2-7(18)13(8)19/h1-3,5-6,9-12H,4H2/t5-,6-,9-,10+,11-,12+/m1/s1. The maximum Gasteiger partial charge on any atom is 0.238 e. The van der Waals surface area contributed by atoms with Crippen molar-refractivity contribution in [1.29, 1.82) is 0 Å². The summed E-state index contributed by atoms with van der Waals surface area (Å²) in [5, 5.41) is 0.598. The van der Waals surface area contributed by atoms with Crippen molar-refractivity contribution in [3.8, 4) is 0 Å². The SMILES string of the molecule is O=C1[C@@H]2[C@H]3C[C@@H]([C@H](Br)[C@@H]3Br)[C@@H]2C(=O)N1c1cccc(Cl)c1Cl. The molecule has 22 heavy (non-hydrogen) atoms. The summed E-state index contributed by atoms with van der Waals surface area (Å²) in [4.78, 5) is 27.4. The van der Waals surface area contributed by atoms with Crippen molar-refractivity contribution in [2.24, 2.45) is 23.7 Å². The number of alkyl halides is 2. The lowest BCUT2D eigenvalue weighted by atomic mass is 9.81. The van der Waals surface area contributed by atoms with Gasteiger partial charge in [0.2, 0.25) is 11.8 Å². The highest BCUT2D eigenvalue weighted by Gasteiger charge is 2.66. The number of carbonyl (C=O) groups is 2. The van der Waals surface area contributed by atoms with Crippen LogP contribution in [0.3, 0.4) is 0 Å². The van der Waals surface area contributed by atoms with E-state index in [0.717, 1.165) is 6.42 Å². The molecule has 0 unspecified atom stereocenters. The van der Waals surface area contributed by atoms with Gasteiger partial charge in [0.1, 0.15) is 0 Å². The first kappa shape index (κ1) is 15.4. The molecular formula is C15H11Br2Cl2NO2. The number of hydrogen-bond acceptors (Lipinski definition) is 2. The second-order valence-electron chi connectivity index (χ2n) is 6.09. The molecule has 2 bridgehead atoms. The Morgan fingerprint density at radius 1 is 1.00 bits per heavy atom. The first-order valence-electron chi connectivity index (χ1n) is 7.03. The molecule has 1 aromatic carbocycles. The number of anilines is 1. The Bertz CT molecular complexity index is 666. The van der Waals surface area contributed by atoms with Gasteiger partial charge in [-0.3, -0.25) is 9.59 Å². The summed E-state index contributed by atoms with van der Waals surface area (Å²) in [7, 11) is 0. The number of amides is 2. The van der Waals surface area contributed by atoms with Gasteiger partial charge >= 0.3 is 0 Å². The van der Waals surface area contributed by atoms with Crippen LogP contribution in [-0.4, -0.2) is 21.5 Å². The van der Waals surface area contributed by atoms with E-state index in [-0.39, 0.29) is 50.2 Å². The van der Waals surface area contributed by atoms with E-state index in [2.05, 4.69) is 31.9 Å². The Balaban J connectivity index is 1.78. The Labute approximate surface area is 154 Å². The Hall–Kier alpha value is -0.100. The third kappa shape index (κ3) is 1.86. The number of rotatable bonds is 1. The van der Waals surface area contributed by atoms with E-state index in [4.69, 9.17) is 23.2 Å². The molecule has 3 aliphatic rings. The molecule has 1 aliphatic heterocycles. The molecule has 116 valence electrons. The lowest BCUT2D eigenvalue weighted by Crippen LogP contribution is -2.37. The van der Waals surface area contributed by atoms with Crippen molar-refractivity contribution in [2.75, 3.05) is 4.90 Å². The predicted molar refractivity (Wildman–Crippen MR) is 93.0 cm³/mol. The van der Waals surface area contributed by atoms with Crippen LogP contribution in [0.4, 0.5) is 5.69 Å². The van der Waals surface area contributed by atoms with Gasteiger partial charge in [0, 0.05) is 9.65 Å². The zero-order valence-corrected chi connectivity index (χ0v) is 15.9. The van der Waals surface area contributed by atoms with E-state index < -0.39 is 0 Å². The first-order valence-corrected chi connectivity index (χ1v) is 9.62. The minimum absolute atomic E-state index is 0.143. The molecule has 3 fully saturated rings. The fourth-order valence-corrected chi connectivity index (χ4v) is 6.50. The summed E-state index contributed by atoms with van der Waals surface area (Å²) in [6.07, 6.45) is 0.912. The molecule has 1 heterocycles. The lowest BCUT2D eigenvalue weighted by Gasteiger charge is -2.28. The van der Waals surface area contributed by atoms with Crippen molar-refractivity contribution in [3.63, 3.8) is 0 Å². The Morgan fingerprint density at radius 2 is 1.55 bits per heavy atom. The maximum atomic E-state index is 12.9. The summed E-state index contributed by atoms with van der Waals surface area (Å²) in [5.74, 6) is -0.389. The van der Waals surface area contributed by atoms with Crippen molar-refractivity contribution in [1.82, 2.24) is 0 Å². The lowest BCUT2D eigenvalue weighted by molar-refractivity contribution is -0.123. The van der Waals surface area contributed by atoms with Crippen LogP contribution < -0.4 is 4.90 Å². The molecule has 0 aromatic heterocycles. The quantitative estimate of drug-likeness (QED) is 0.457. The second kappa shape index (κ2) is 5.20. The van der Waals surface area contributed by atoms with Crippen LogP contribution >= 0.6 is 55.1 Å². The van der Waals surface area contributed by atoms with Gasteiger partial charge in [-0.1, -0.05) is 61.1 Å². The summed E-state index contributed by atoms with van der Waals surface area (Å²) in [6.45, 7) is 0. The molecule has 4 rings (SSSR count). The molecule has 2 saturated carbocycles. The van der Waals surface area contributed by atoms with Crippen LogP contribution in [0.25, 0.3) is 0 Å². The topological polar surface area (TPSA) is 37.4 Å². The molecule has 2 aliphatic carbocycles. The smallest absolute Gasteiger partial charge is 0.238 e. The molecule has 7 heteroatoms. The van der Waals surface area contributed by atoms with Crippen molar-refractivity contribution < 1.29 is 9.59 Å². The van der Waals surface area contributed by atoms with E-state index in [0.29, 0.717) is 10.7 Å². The molecule has 0 radical (unpaired) electrons. The molecule has 3 nitrogen and oxygen atoms in total. The third-order valence-electron chi connectivity index (χ3n) is 5.16. The van der Waals surface area contributed by atoms with E-state index in [9.17, 15) is 9.59 Å². The Morgan fingerprint density at radius 3 is 2.09 bits per heavy atom. The zero-order chi connectivity index (χ0) is 15.8. The average molecular weight is 468 g/mol. The van der Waals surface area contributed by atoms with Crippen LogP contribution in [0.5, 0.6) is 0 Å². The minimum Gasteiger partial charge on any atom is -0.274 e. The highest BCUT2D eigenvalue weighted by Crippen LogP contribution is 2.60. The highest BCUT2D eigenvalue weighted by molar-refractivity contribution is 9.12. The molecular weight excluding hydrogens is 457 g/mol. The largest absolute Gasteiger partial charge is 0.274 e. The van der Waals surface area contributed by atoms with Crippen LogP contribution in [0, 0.1) is 23.7 Å². The monoisotopic (exact) mass is 465 g/mol. The molecule has 0 N–H and O–H groups in total. The normalized spacial score (nSPS) is 39.7. The van der Waals surface area contributed by atoms with Crippen molar-refractivity contribution in [3.05, 3.63) is 28.2 Å². The average Bonchev–Trinajstić information content (AvgIpc) is 3.08. The number of nitrogens with zero attached hydrogens (tertiary/aromatic N) is 1. The number of hydrogen-bond donors (Lipinski definition) is 0. The molecule has 1 saturated heterocycles.